The van der Waals surface area contributed by atoms with Gasteiger partial charge in [0.25, 0.3) is 8.32 Å². The van der Waals surface area contributed by atoms with Crippen LogP contribution in [0.4, 0.5) is 0 Å². The summed E-state index contributed by atoms with van der Waals surface area (Å²) in [4.78, 5) is 4.64. The van der Waals surface area contributed by atoms with Crippen molar-refractivity contribution in [2.24, 2.45) is 23.7 Å². The zero-order chi connectivity index (χ0) is 22.1. The van der Waals surface area contributed by atoms with Crippen molar-refractivity contribution in [3.05, 3.63) is 59.7 Å². The van der Waals surface area contributed by atoms with Crippen LogP contribution in [0.3, 0.4) is 0 Å². The molecule has 0 N–H and O–H groups in total. The number of hydrogen-bond acceptors (Lipinski definition) is 3. The minimum atomic E-state index is -2.34. The lowest BCUT2D eigenvalue weighted by molar-refractivity contribution is -0.0548. The molecule has 32 heavy (non-hydrogen) atoms. The van der Waals surface area contributed by atoms with Crippen LogP contribution < -0.4 is 10.4 Å². The summed E-state index contributed by atoms with van der Waals surface area (Å²) in [6.07, 6.45) is 7.13. The molecule has 1 saturated heterocycles. The van der Waals surface area contributed by atoms with Crippen molar-refractivity contribution in [2.75, 3.05) is 28.2 Å². The third-order valence-electron chi connectivity index (χ3n) is 8.95. The van der Waals surface area contributed by atoms with Crippen LogP contribution in [-0.4, -0.2) is 51.5 Å². The van der Waals surface area contributed by atoms with Gasteiger partial charge >= 0.3 is 0 Å². The number of nitrogens with zero attached hydrogens (tertiary/aromatic N) is 2. The second kappa shape index (κ2) is 7.53. The van der Waals surface area contributed by atoms with E-state index in [1.54, 1.807) is 10.4 Å². The van der Waals surface area contributed by atoms with Crippen LogP contribution in [0, 0.1) is 23.7 Å². The van der Waals surface area contributed by atoms with Crippen molar-refractivity contribution in [1.82, 2.24) is 9.80 Å². The van der Waals surface area contributed by atoms with Crippen molar-refractivity contribution in [1.29, 1.82) is 0 Å². The zero-order valence-corrected chi connectivity index (χ0v) is 21.2. The molecule has 4 aliphatic carbocycles. The molecule has 5 aliphatic rings. The number of benzene rings is 2. The Labute approximate surface area is 194 Å². The molecule has 0 unspecified atom stereocenters. The fraction of sp³-hybridized carbons (Fsp3) is 0.571. The largest absolute Gasteiger partial charge is 0.399 e. The first-order valence-corrected chi connectivity index (χ1v) is 14.5. The van der Waals surface area contributed by atoms with Crippen molar-refractivity contribution in [3.63, 3.8) is 0 Å². The highest BCUT2D eigenvalue weighted by atomic mass is 28.4. The molecule has 0 aromatic heterocycles. The van der Waals surface area contributed by atoms with Crippen molar-refractivity contribution >= 4 is 18.7 Å². The van der Waals surface area contributed by atoms with E-state index in [0.717, 1.165) is 36.8 Å². The summed E-state index contributed by atoms with van der Waals surface area (Å²) >= 11 is 0. The SMILES string of the molecule is CN(C)Cc1ccccc1[Si]1(c2ccccc2CN(C)C)OC12C1CC3CC(C1)CC2C3. The molecular formula is C28H38N2OSi. The lowest BCUT2D eigenvalue weighted by Crippen LogP contribution is -2.64. The van der Waals surface area contributed by atoms with Gasteiger partial charge in [0.1, 0.15) is 0 Å². The van der Waals surface area contributed by atoms with Crippen molar-refractivity contribution in [3.8, 4) is 0 Å². The maximum absolute atomic E-state index is 7.49. The molecule has 4 saturated carbocycles. The Hall–Kier alpha value is -1.46. The summed E-state index contributed by atoms with van der Waals surface area (Å²) in [5, 5.41) is 3.25. The van der Waals surface area contributed by atoms with Gasteiger partial charge in [-0.3, -0.25) is 0 Å². The Morgan fingerprint density at radius 3 is 1.59 bits per heavy atom. The minimum absolute atomic E-state index is 0.130. The minimum Gasteiger partial charge on any atom is -0.399 e. The van der Waals surface area contributed by atoms with Crippen LogP contribution in [-0.2, 0) is 17.5 Å². The summed E-state index contributed by atoms with van der Waals surface area (Å²) in [6, 6.07) is 18.6. The average Bonchev–Trinajstić information content (AvgIpc) is 3.43. The van der Waals surface area contributed by atoms with Gasteiger partial charge in [-0.25, -0.2) is 0 Å². The summed E-state index contributed by atoms with van der Waals surface area (Å²) in [7, 11) is 6.43. The van der Waals surface area contributed by atoms with Gasteiger partial charge in [-0.2, -0.15) is 0 Å². The normalized spacial score (nSPS) is 34.1. The molecule has 1 aliphatic heterocycles. The van der Waals surface area contributed by atoms with Gasteiger partial charge < -0.3 is 14.2 Å². The van der Waals surface area contributed by atoms with E-state index in [1.165, 1.54) is 43.2 Å². The smallest absolute Gasteiger partial charge is 0.288 e. The lowest BCUT2D eigenvalue weighted by Gasteiger charge is -2.54. The van der Waals surface area contributed by atoms with Crippen molar-refractivity contribution < 1.29 is 4.43 Å². The van der Waals surface area contributed by atoms with E-state index < -0.39 is 8.32 Å². The third kappa shape index (κ3) is 2.96. The van der Waals surface area contributed by atoms with Crippen LogP contribution in [0.15, 0.2) is 48.5 Å². The average molecular weight is 447 g/mol. The molecule has 3 nitrogen and oxygen atoms in total. The summed E-state index contributed by atoms with van der Waals surface area (Å²) in [5.74, 6) is 3.47. The summed E-state index contributed by atoms with van der Waals surface area (Å²) in [6.45, 7) is 1.97. The van der Waals surface area contributed by atoms with Gasteiger partial charge in [0, 0.05) is 13.1 Å². The van der Waals surface area contributed by atoms with E-state index in [4.69, 9.17) is 4.43 Å². The van der Waals surface area contributed by atoms with Crippen LogP contribution in [0.2, 0.25) is 0 Å². The molecule has 2 aromatic rings. The van der Waals surface area contributed by atoms with Gasteiger partial charge in [-0.1, -0.05) is 48.5 Å². The van der Waals surface area contributed by atoms with E-state index in [-0.39, 0.29) is 5.22 Å². The fourth-order valence-corrected chi connectivity index (χ4v) is 14.2. The number of rotatable bonds is 6. The van der Waals surface area contributed by atoms with E-state index in [0.29, 0.717) is 0 Å². The van der Waals surface area contributed by atoms with E-state index >= 15 is 0 Å². The molecule has 4 heteroatoms. The molecule has 5 fully saturated rings. The Balaban J connectivity index is 1.55. The highest BCUT2D eigenvalue weighted by molar-refractivity contribution is 7.06. The monoisotopic (exact) mass is 446 g/mol. The van der Waals surface area contributed by atoms with Gasteiger partial charge in [0.2, 0.25) is 0 Å². The van der Waals surface area contributed by atoms with Gasteiger partial charge in [-0.05, 0) is 105 Å². The van der Waals surface area contributed by atoms with E-state index in [1.807, 2.05) is 0 Å². The highest BCUT2D eigenvalue weighted by Gasteiger charge is 2.82. The first kappa shape index (κ1) is 21.1. The predicted molar refractivity (Wildman–Crippen MR) is 134 cm³/mol. The second-order valence-electron chi connectivity index (χ2n) is 11.7. The number of hydrogen-bond donors (Lipinski definition) is 0. The molecule has 4 bridgehead atoms. The Bertz CT molecular complexity index is 934. The summed E-state index contributed by atoms with van der Waals surface area (Å²) in [5.41, 5.74) is 2.96. The molecule has 7 rings (SSSR count). The molecular weight excluding hydrogens is 408 g/mol. The van der Waals surface area contributed by atoms with Crippen LogP contribution in [0.5, 0.6) is 0 Å². The Kier molecular flexibility index (Phi) is 4.96. The topological polar surface area (TPSA) is 19.0 Å². The highest BCUT2D eigenvalue weighted by Crippen LogP contribution is 2.68. The molecule has 1 spiro atoms. The van der Waals surface area contributed by atoms with Crippen molar-refractivity contribution in [2.45, 2.75) is 50.4 Å². The quantitative estimate of drug-likeness (QED) is 0.499. The predicted octanol–water partition coefficient (Wildman–Crippen LogP) is 3.63. The van der Waals surface area contributed by atoms with Gasteiger partial charge in [-0.15, -0.1) is 0 Å². The molecule has 170 valence electrons. The molecule has 1 heterocycles. The lowest BCUT2D eigenvalue weighted by atomic mass is 9.55. The second-order valence-corrected chi connectivity index (χ2v) is 15.1. The fourth-order valence-electron chi connectivity index (χ4n) is 8.21. The first-order valence-electron chi connectivity index (χ1n) is 12.6. The van der Waals surface area contributed by atoms with E-state index in [9.17, 15) is 0 Å². The van der Waals surface area contributed by atoms with Gasteiger partial charge in [0.05, 0.1) is 5.22 Å². The zero-order valence-electron chi connectivity index (χ0n) is 20.2. The van der Waals surface area contributed by atoms with Gasteiger partial charge in [0.15, 0.2) is 0 Å². The molecule has 0 radical (unpaired) electrons. The Morgan fingerprint density at radius 2 is 1.16 bits per heavy atom. The molecule has 0 atom stereocenters. The van der Waals surface area contributed by atoms with Crippen LogP contribution >= 0.6 is 0 Å². The first-order chi connectivity index (χ1) is 15.4. The van der Waals surface area contributed by atoms with Crippen LogP contribution in [0.25, 0.3) is 0 Å². The Morgan fingerprint density at radius 1 is 0.719 bits per heavy atom. The third-order valence-corrected chi connectivity index (χ3v) is 13.9. The maximum atomic E-state index is 7.49. The maximum Gasteiger partial charge on any atom is 0.288 e. The molecule has 0 amide bonds. The standard InChI is InChI=1S/C28H38N2OSi/c1-29(2)18-22-9-5-7-11-26(22)32(27-12-8-6-10-23(27)19-30(3)4)28(31-32)24-14-20-13-21(16-24)17-25(28)15-20/h5-12,20-21,24-25H,13-19H2,1-4H3. The van der Waals surface area contributed by atoms with E-state index in [2.05, 4.69) is 86.5 Å². The molecule has 2 aromatic carbocycles. The van der Waals surface area contributed by atoms with Crippen LogP contribution in [0.1, 0.15) is 43.2 Å². The summed E-state index contributed by atoms with van der Waals surface area (Å²) < 4.78 is 7.49.